The maximum atomic E-state index is 13.4. The third kappa shape index (κ3) is 2.73. The first-order chi connectivity index (χ1) is 7.75. The van der Waals surface area contributed by atoms with Crippen LogP contribution in [0.2, 0.25) is 0 Å². The Bertz CT molecular complexity index is 474. The lowest BCUT2D eigenvalue weighted by molar-refractivity contribution is 0.618. The first kappa shape index (κ1) is 11.0. The number of halogens is 1. The van der Waals surface area contributed by atoms with Crippen LogP contribution >= 0.6 is 11.8 Å². The summed E-state index contributed by atoms with van der Waals surface area (Å²) in [5, 5.41) is 0. The molecule has 1 aromatic carbocycles. The Kier molecular flexibility index (Phi) is 3.41. The average Bonchev–Trinajstić information content (AvgIpc) is 2.29. The van der Waals surface area contributed by atoms with Crippen LogP contribution in [-0.2, 0) is 5.75 Å². The molecule has 2 N–H and O–H groups in total. The fourth-order valence-corrected chi connectivity index (χ4v) is 2.15. The van der Waals surface area contributed by atoms with Gasteiger partial charge in [-0.2, -0.15) is 0 Å². The number of anilines is 1. The highest BCUT2D eigenvalue weighted by Gasteiger charge is 2.03. The molecule has 0 bridgehead atoms. The minimum atomic E-state index is -0.249. The molecule has 1 heterocycles. The van der Waals surface area contributed by atoms with Gasteiger partial charge >= 0.3 is 0 Å². The molecule has 0 atom stereocenters. The molecule has 0 saturated carbocycles. The first-order valence-corrected chi connectivity index (χ1v) is 5.81. The van der Waals surface area contributed by atoms with Crippen LogP contribution in [0.3, 0.4) is 0 Å². The van der Waals surface area contributed by atoms with E-state index in [1.807, 2.05) is 12.1 Å². The van der Waals surface area contributed by atoms with E-state index < -0.39 is 0 Å². The van der Waals surface area contributed by atoms with Gasteiger partial charge in [0, 0.05) is 28.7 Å². The lowest BCUT2D eigenvalue weighted by atomic mass is 10.2. The second-order valence-electron chi connectivity index (χ2n) is 3.32. The van der Waals surface area contributed by atoms with Crippen LogP contribution in [0.15, 0.2) is 47.6 Å². The van der Waals surface area contributed by atoms with Crippen molar-refractivity contribution in [1.82, 2.24) is 4.98 Å². The molecule has 0 aliphatic rings. The summed E-state index contributed by atoms with van der Waals surface area (Å²) in [5.74, 6) is 0.345. The van der Waals surface area contributed by atoms with E-state index in [9.17, 15) is 4.39 Å². The second-order valence-corrected chi connectivity index (χ2v) is 4.37. The van der Waals surface area contributed by atoms with Crippen molar-refractivity contribution in [3.63, 3.8) is 0 Å². The van der Waals surface area contributed by atoms with E-state index in [1.165, 1.54) is 6.07 Å². The fourth-order valence-electron chi connectivity index (χ4n) is 1.28. The Hall–Kier alpha value is -1.55. The van der Waals surface area contributed by atoms with Crippen molar-refractivity contribution < 1.29 is 4.39 Å². The number of pyridine rings is 1. The monoisotopic (exact) mass is 234 g/mol. The van der Waals surface area contributed by atoms with Gasteiger partial charge in [0.05, 0.1) is 0 Å². The molecule has 0 radical (unpaired) electrons. The average molecular weight is 234 g/mol. The normalized spacial score (nSPS) is 10.3. The maximum Gasteiger partial charge on any atom is 0.129 e. The number of thioether (sulfide) groups is 1. The summed E-state index contributed by atoms with van der Waals surface area (Å²) < 4.78 is 13.4. The van der Waals surface area contributed by atoms with Crippen LogP contribution in [0.4, 0.5) is 10.1 Å². The van der Waals surface area contributed by atoms with Crippen LogP contribution in [0.25, 0.3) is 0 Å². The minimum Gasteiger partial charge on any atom is -0.399 e. The van der Waals surface area contributed by atoms with Gasteiger partial charge in [-0.05, 0) is 29.8 Å². The third-order valence-electron chi connectivity index (χ3n) is 2.12. The number of nitrogens with two attached hydrogens (primary N) is 1. The molecule has 0 unspecified atom stereocenters. The summed E-state index contributed by atoms with van der Waals surface area (Å²) >= 11 is 1.57. The molecular formula is C12H11FN2S. The molecule has 1 aromatic heterocycles. The molecule has 82 valence electrons. The molecule has 2 nitrogen and oxygen atoms in total. The molecule has 0 aliphatic heterocycles. The van der Waals surface area contributed by atoms with E-state index in [4.69, 9.17) is 5.73 Å². The molecule has 2 rings (SSSR count). The Morgan fingerprint density at radius 2 is 1.94 bits per heavy atom. The van der Waals surface area contributed by atoms with Crippen molar-refractivity contribution in [3.8, 4) is 0 Å². The smallest absolute Gasteiger partial charge is 0.129 e. The Labute approximate surface area is 97.7 Å². The maximum absolute atomic E-state index is 13.4. The highest BCUT2D eigenvalue weighted by Crippen LogP contribution is 2.24. The van der Waals surface area contributed by atoms with E-state index in [1.54, 1.807) is 36.3 Å². The number of rotatable bonds is 3. The molecule has 2 aromatic rings. The zero-order valence-corrected chi connectivity index (χ0v) is 9.38. The largest absolute Gasteiger partial charge is 0.399 e. The molecular weight excluding hydrogens is 223 g/mol. The van der Waals surface area contributed by atoms with Gasteiger partial charge in [0.25, 0.3) is 0 Å². The van der Waals surface area contributed by atoms with Crippen molar-refractivity contribution in [1.29, 1.82) is 0 Å². The van der Waals surface area contributed by atoms with Crippen molar-refractivity contribution in [2.45, 2.75) is 10.6 Å². The lowest BCUT2D eigenvalue weighted by Crippen LogP contribution is -1.91. The van der Waals surface area contributed by atoms with Gasteiger partial charge in [0.1, 0.15) is 5.82 Å². The fraction of sp³-hybridized carbons (Fsp3) is 0.0833. The number of nitrogen functional groups attached to an aromatic ring is 1. The van der Waals surface area contributed by atoms with Crippen LogP contribution in [0.5, 0.6) is 0 Å². The van der Waals surface area contributed by atoms with E-state index in [0.29, 0.717) is 17.0 Å². The summed E-state index contributed by atoms with van der Waals surface area (Å²) in [6.07, 6.45) is 3.45. The summed E-state index contributed by atoms with van der Waals surface area (Å²) in [6.45, 7) is 0. The van der Waals surface area contributed by atoms with Crippen molar-refractivity contribution in [2.24, 2.45) is 0 Å². The molecule has 0 amide bonds. The van der Waals surface area contributed by atoms with Gasteiger partial charge < -0.3 is 5.73 Å². The predicted molar refractivity (Wildman–Crippen MR) is 64.6 cm³/mol. The zero-order chi connectivity index (χ0) is 11.4. The second kappa shape index (κ2) is 4.99. The van der Waals surface area contributed by atoms with Crippen molar-refractivity contribution in [2.75, 3.05) is 5.73 Å². The van der Waals surface area contributed by atoms with E-state index in [-0.39, 0.29) is 5.82 Å². The molecule has 0 aliphatic carbocycles. The van der Waals surface area contributed by atoms with Crippen LogP contribution in [-0.4, -0.2) is 4.98 Å². The molecule has 0 spiro atoms. The van der Waals surface area contributed by atoms with Gasteiger partial charge in [0.2, 0.25) is 0 Å². The Morgan fingerprint density at radius 3 is 2.62 bits per heavy atom. The molecule has 0 fully saturated rings. The summed E-state index contributed by atoms with van der Waals surface area (Å²) in [7, 11) is 0. The van der Waals surface area contributed by atoms with Crippen molar-refractivity contribution >= 4 is 17.4 Å². The van der Waals surface area contributed by atoms with Crippen molar-refractivity contribution in [3.05, 3.63) is 54.1 Å². The summed E-state index contributed by atoms with van der Waals surface area (Å²) in [6, 6.07) is 8.59. The summed E-state index contributed by atoms with van der Waals surface area (Å²) in [4.78, 5) is 5.00. The highest BCUT2D eigenvalue weighted by molar-refractivity contribution is 7.98. The van der Waals surface area contributed by atoms with E-state index in [2.05, 4.69) is 4.98 Å². The van der Waals surface area contributed by atoms with Gasteiger partial charge in [-0.15, -0.1) is 11.8 Å². The topological polar surface area (TPSA) is 38.9 Å². The third-order valence-corrected chi connectivity index (χ3v) is 3.18. The first-order valence-electron chi connectivity index (χ1n) is 4.82. The summed E-state index contributed by atoms with van der Waals surface area (Å²) in [5.41, 5.74) is 6.60. The number of aromatic nitrogens is 1. The Balaban J connectivity index is 2.05. The minimum absolute atomic E-state index is 0.249. The van der Waals surface area contributed by atoms with Crippen LogP contribution in [0.1, 0.15) is 5.56 Å². The Morgan fingerprint density at radius 1 is 1.19 bits per heavy atom. The number of benzene rings is 1. The SMILES string of the molecule is Nc1ccc(CSc2ccncc2)c(F)c1. The van der Waals surface area contributed by atoms with Gasteiger partial charge in [-0.25, -0.2) is 4.39 Å². The standard InChI is InChI=1S/C12H11FN2S/c13-12-7-10(14)2-1-9(12)8-16-11-3-5-15-6-4-11/h1-7H,8,14H2. The highest BCUT2D eigenvalue weighted by atomic mass is 32.2. The molecule has 0 saturated heterocycles. The van der Waals surface area contributed by atoms with E-state index in [0.717, 1.165) is 4.90 Å². The zero-order valence-electron chi connectivity index (χ0n) is 8.56. The molecule has 16 heavy (non-hydrogen) atoms. The van der Waals surface area contributed by atoms with Gasteiger partial charge in [-0.1, -0.05) is 6.07 Å². The number of hydrogen-bond acceptors (Lipinski definition) is 3. The van der Waals surface area contributed by atoms with Gasteiger partial charge in [-0.3, -0.25) is 4.98 Å². The molecule has 4 heteroatoms. The predicted octanol–water partition coefficient (Wildman–Crippen LogP) is 3.10. The number of hydrogen-bond donors (Lipinski definition) is 1. The van der Waals surface area contributed by atoms with E-state index >= 15 is 0 Å². The van der Waals surface area contributed by atoms with Gasteiger partial charge in [0.15, 0.2) is 0 Å². The van der Waals surface area contributed by atoms with Crippen LogP contribution in [0, 0.1) is 5.82 Å². The lowest BCUT2D eigenvalue weighted by Gasteiger charge is -2.04. The quantitative estimate of drug-likeness (QED) is 0.655. The van der Waals surface area contributed by atoms with Crippen LogP contribution < -0.4 is 5.73 Å². The number of nitrogens with zero attached hydrogens (tertiary/aromatic N) is 1.